The third-order valence-electron chi connectivity index (χ3n) is 19.7. The van der Waals surface area contributed by atoms with Gasteiger partial charge in [0.25, 0.3) is 0 Å². The first-order valence-electron chi connectivity index (χ1n) is 45.7. The van der Waals surface area contributed by atoms with Crippen LogP contribution in [0.15, 0.2) is 36.9 Å². The molecule has 1 aromatic carbocycles. The van der Waals surface area contributed by atoms with Crippen LogP contribution in [-0.4, -0.2) is 355 Å². The maximum atomic E-state index is 14.5. The summed E-state index contributed by atoms with van der Waals surface area (Å²) in [5.74, 6) is -3.90. The van der Waals surface area contributed by atoms with Gasteiger partial charge in [-0.1, -0.05) is 82.9 Å². The summed E-state index contributed by atoms with van der Waals surface area (Å²) >= 11 is 0. The molecule has 0 spiro atoms. The van der Waals surface area contributed by atoms with Crippen molar-refractivity contribution in [1.82, 2.24) is 84.7 Å². The van der Waals surface area contributed by atoms with E-state index in [-0.39, 0.29) is 135 Å². The van der Waals surface area contributed by atoms with E-state index in [0.29, 0.717) is 209 Å². The van der Waals surface area contributed by atoms with Crippen LogP contribution < -0.4 is 97.0 Å². The second kappa shape index (κ2) is 83.6. The Morgan fingerprint density at radius 2 is 0.953 bits per heavy atom. The van der Waals surface area contributed by atoms with Crippen LogP contribution in [0.3, 0.4) is 0 Å². The van der Waals surface area contributed by atoms with Crippen LogP contribution in [0.1, 0.15) is 161 Å². The van der Waals surface area contributed by atoms with E-state index in [1.165, 1.54) is 6.21 Å². The Morgan fingerprint density at radius 3 is 1.53 bits per heavy atom. The van der Waals surface area contributed by atoms with Gasteiger partial charge in [0.1, 0.15) is 31.8 Å². The van der Waals surface area contributed by atoms with Gasteiger partial charge in [-0.05, 0) is 121 Å². The Balaban J connectivity index is 2.63. The van der Waals surface area contributed by atoms with Crippen LogP contribution in [0, 0.1) is 5.41 Å². The van der Waals surface area contributed by atoms with E-state index in [1.807, 2.05) is 37.3 Å². The third kappa shape index (κ3) is 70.6. The van der Waals surface area contributed by atoms with Gasteiger partial charge >= 0.3 is 0 Å². The van der Waals surface area contributed by atoms with Crippen molar-refractivity contribution < 1.29 is 95.4 Å². The first-order chi connectivity index (χ1) is 61.7. The molecule has 0 unspecified atom stereocenters. The second-order valence-electron chi connectivity index (χ2n) is 30.7. The van der Waals surface area contributed by atoms with E-state index in [9.17, 15) is 57.5 Å². The second-order valence-corrected chi connectivity index (χ2v) is 30.7. The molecule has 7 atom stereocenters. The van der Waals surface area contributed by atoms with Crippen molar-refractivity contribution in [2.45, 2.75) is 198 Å². The minimum atomic E-state index is -1.09. The van der Waals surface area contributed by atoms with Gasteiger partial charge in [-0.3, -0.25) is 52.8 Å². The number of allylic oxidation sites excluding steroid dienone is 1. The number of amides is 10. The molecular weight excluding hydrogens is 1650 g/mol. The average molecular weight is 1810 g/mol. The summed E-state index contributed by atoms with van der Waals surface area (Å²) in [6, 6.07) is 4.91. The van der Waals surface area contributed by atoms with Crippen LogP contribution in [0.25, 0.3) is 5.57 Å². The molecule has 0 radical (unpaired) electrons. The van der Waals surface area contributed by atoms with E-state index in [2.05, 4.69) is 93.3 Å². The highest BCUT2D eigenvalue weighted by molar-refractivity contribution is 5.90. The maximum Gasteiger partial charge on any atom is 0.246 e. The Hall–Kier alpha value is -8.01. The largest absolute Gasteiger partial charge is 0.378 e. The summed E-state index contributed by atoms with van der Waals surface area (Å²) < 4.78 is 44.1. The monoisotopic (exact) mass is 1810 g/mol. The number of nitrogens with two attached hydrogens (primary N) is 3. The number of carbonyl (C=O) groups is 12. The van der Waals surface area contributed by atoms with Gasteiger partial charge in [-0.25, -0.2) is 0 Å². The molecule has 0 aliphatic heterocycles. The minimum Gasteiger partial charge on any atom is -0.378 e. The van der Waals surface area contributed by atoms with Crippen LogP contribution in [0.5, 0.6) is 0 Å². The predicted molar refractivity (Wildman–Crippen MR) is 487 cm³/mol. The molecule has 0 fully saturated rings. The fraction of sp³-hybridized carbons (Fsp3) is 0.759. The number of benzene rings is 1. The molecule has 40 heteroatoms. The van der Waals surface area contributed by atoms with Crippen molar-refractivity contribution >= 4 is 83.4 Å². The molecule has 1 rings (SSSR count). The number of aldehydes is 2. The lowest BCUT2D eigenvalue weighted by atomic mass is 10.0. The van der Waals surface area contributed by atoms with E-state index in [1.54, 1.807) is 11.8 Å². The smallest absolute Gasteiger partial charge is 0.246 e. The zero-order valence-corrected chi connectivity index (χ0v) is 76.3. The molecule has 127 heavy (non-hydrogen) atoms. The normalized spacial score (nSPS) is 13.0. The summed E-state index contributed by atoms with van der Waals surface area (Å²) in [6.45, 7) is 21.0. The standard InChI is InChI=1S/C87H160N20O20/c1-5-7-11-26-79(111)97-41-52-125-59-61-126-67-82(114)98-42-53-124-57-56-122-50-39-92-37-48-120-54-55-121-49-38-93-40-51-123-58-60-127-68-83(115)103-66-81(113)104-70(4)62-100-72(27-29-78(90)110)64-101-76(25-18-32-89)86(118)105-73(63-94-36-43-107(44-46-108)45-47-109)65-102-75(23-8-6-2)87(119)106-77(85(117)99-34-16-10-15-31-88)28-30-80(112)96-33-17-14-24-74(84(91)116)95-35-19-20-69(3)71-21-12-9-13-22-71/h9,12-13,21-22,32,46-47,70,72-77,89,92-95,100-102H,3,5-8,10-11,14-20,23-31,33-45,48-68,88H2,1-2,4H3,(H2,90,110)(H2,91,116)(H,96,112)(H,97,111)(H,98,114)(H,99,117)(H,103,115)(H,104,113)(H,105,118)(H,106,119)/t70-,72-,73-,74-,75-,76-,77-/m0/s1. The molecule has 0 heterocycles. The molecule has 10 amide bonds. The van der Waals surface area contributed by atoms with Crippen LogP contribution in [0.2, 0.25) is 0 Å². The molecule has 728 valence electrons. The summed E-state index contributed by atoms with van der Waals surface area (Å²) in [4.78, 5) is 154. The topological polar surface area (TPSA) is 564 Å². The molecule has 40 nitrogen and oxygen atoms in total. The van der Waals surface area contributed by atoms with Gasteiger partial charge < -0.3 is 150 Å². The highest BCUT2D eigenvalue weighted by Gasteiger charge is 2.29. The lowest BCUT2D eigenvalue weighted by Crippen LogP contribution is -2.58. The van der Waals surface area contributed by atoms with E-state index in [4.69, 9.17) is 60.5 Å². The van der Waals surface area contributed by atoms with Gasteiger partial charge in [0.15, 0.2) is 0 Å². The molecule has 1 aromatic rings. The Morgan fingerprint density at radius 1 is 0.425 bits per heavy atom. The number of rotatable bonds is 93. The molecule has 0 saturated heterocycles. The van der Waals surface area contributed by atoms with Gasteiger partial charge in [0, 0.05) is 123 Å². The number of carbonyl (C=O) groups excluding carboxylic acids is 12. The number of hydrogen-bond acceptors (Lipinski definition) is 30. The van der Waals surface area contributed by atoms with E-state index < -0.39 is 83.6 Å². The Kier molecular flexibility index (Phi) is 77.0. The lowest BCUT2D eigenvalue weighted by Gasteiger charge is -2.28. The predicted octanol–water partition coefficient (Wildman–Crippen LogP) is -2.00. The number of nitrogens with one attached hydrogen (secondary N) is 16. The minimum absolute atomic E-state index is 0.00438. The highest BCUT2D eigenvalue weighted by Crippen LogP contribution is 2.17. The van der Waals surface area contributed by atoms with Gasteiger partial charge in [-0.15, -0.1) is 0 Å². The van der Waals surface area contributed by atoms with E-state index in [0.717, 1.165) is 62.5 Å². The zero-order chi connectivity index (χ0) is 93.1. The lowest BCUT2D eigenvalue weighted by molar-refractivity contribution is -0.131. The van der Waals surface area contributed by atoms with Gasteiger partial charge in [0.2, 0.25) is 59.1 Å². The van der Waals surface area contributed by atoms with Crippen molar-refractivity contribution in [1.29, 1.82) is 5.41 Å². The summed E-state index contributed by atoms with van der Waals surface area (Å²) in [5, 5.41) is 53.7. The van der Waals surface area contributed by atoms with Crippen LogP contribution in [0.4, 0.5) is 0 Å². The molecule has 22 N–H and O–H groups in total. The fourth-order valence-electron chi connectivity index (χ4n) is 12.4. The summed E-state index contributed by atoms with van der Waals surface area (Å²) in [6.07, 6.45) is 13.7. The van der Waals surface area contributed by atoms with E-state index >= 15 is 0 Å². The number of primary amides is 2. The molecule has 0 saturated carbocycles. The Labute approximate surface area is 753 Å². The third-order valence-corrected chi connectivity index (χ3v) is 19.7. The fourth-order valence-corrected chi connectivity index (χ4v) is 12.4. The number of hydrogen-bond donors (Lipinski definition) is 19. The first kappa shape index (κ1) is 117. The average Bonchev–Trinajstić information content (AvgIpc) is 0.880. The van der Waals surface area contributed by atoms with Crippen molar-refractivity contribution in [2.24, 2.45) is 17.2 Å². The van der Waals surface area contributed by atoms with Crippen LogP contribution >= 0.6 is 0 Å². The zero-order valence-electron chi connectivity index (χ0n) is 76.3. The number of ether oxygens (including phenoxy) is 8. The summed E-state index contributed by atoms with van der Waals surface area (Å²) in [5.41, 5.74) is 19.1. The number of unbranched alkanes of at least 4 members (excludes halogenated alkanes) is 6. The Bertz CT molecular complexity index is 3060. The first-order valence-corrected chi connectivity index (χ1v) is 45.7. The maximum absolute atomic E-state index is 14.5. The quantitative estimate of drug-likeness (QED) is 0.0191. The summed E-state index contributed by atoms with van der Waals surface area (Å²) in [7, 11) is 0. The van der Waals surface area contributed by atoms with Crippen molar-refractivity contribution in [3.8, 4) is 0 Å². The molecule has 0 bridgehead atoms. The van der Waals surface area contributed by atoms with Crippen molar-refractivity contribution in [2.75, 3.05) is 230 Å². The number of nitrogens with zero attached hydrogens (tertiary/aromatic N) is 1. The molecule has 0 aromatic heterocycles. The van der Waals surface area contributed by atoms with Crippen molar-refractivity contribution in [3.63, 3.8) is 0 Å². The SMILES string of the molecule is C=C(CCCN[C@@H](CCCCNC(=O)CC[C@H](NC(=O)[C@H](CCCC)NC[C@H](CNCCN(CC=O)CC=O)NC(=O)[C@H](CCC=N)NC[C@H](CCC(N)=O)NC[C@H](C)NC(=O)CNC(=O)COCCOCCNCCOCCOCCNCCOCCOCCNC(=O)COCCOCCNC(=O)CCCCC)C(=O)NCCCCCN)C(N)=O)c1ccccc1. The molecular formula is C87H160N20O20. The molecule has 0 aliphatic carbocycles. The van der Waals surface area contributed by atoms with Crippen LogP contribution in [-0.2, 0) is 95.4 Å². The highest BCUT2D eigenvalue weighted by atomic mass is 16.5. The van der Waals surface area contributed by atoms with Gasteiger partial charge in [-0.2, -0.15) is 0 Å². The van der Waals surface area contributed by atoms with Gasteiger partial charge in [0.05, 0.1) is 136 Å². The van der Waals surface area contributed by atoms with Crippen molar-refractivity contribution in [3.05, 3.63) is 42.5 Å². The molecule has 0 aliphatic rings.